The van der Waals surface area contributed by atoms with Gasteiger partial charge >= 0.3 is 0 Å². The molecule has 27 heavy (non-hydrogen) atoms. The van der Waals surface area contributed by atoms with E-state index in [1.54, 1.807) is 10.9 Å². The van der Waals surface area contributed by atoms with Crippen LogP contribution in [0.4, 0.5) is 0 Å². The number of rotatable bonds is 4. The predicted octanol–water partition coefficient (Wildman–Crippen LogP) is 0.110. The van der Waals surface area contributed by atoms with Crippen LogP contribution in [0.1, 0.15) is 30.9 Å². The Hall–Kier alpha value is -1.95. The van der Waals surface area contributed by atoms with E-state index in [0.717, 1.165) is 41.3 Å². The van der Waals surface area contributed by atoms with E-state index in [0.29, 0.717) is 0 Å². The van der Waals surface area contributed by atoms with Crippen molar-refractivity contribution in [3.63, 3.8) is 0 Å². The molecule has 0 bridgehead atoms. The summed E-state index contributed by atoms with van der Waals surface area (Å²) in [5, 5.41) is 44.5. The first-order chi connectivity index (χ1) is 13.0. The first-order valence-corrected chi connectivity index (χ1v) is 9.23. The van der Waals surface area contributed by atoms with Crippen molar-refractivity contribution >= 4 is 10.9 Å². The second-order valence-electron chi connectivity index (χ2n) is 6.97. The van der Waals surface area contributed by atoms with Gasteiger partial charge in [0.1, 0.15) is 30.5 Å². The van der Waals surface area contributed by atoms with E-state index >= 15 is 0 Å². The van der Waals surface area contributed by atoms with Gasteiger partial charge in [0.25, 0.3) is 0 Å². The molecule has 0 saturated carbocycles. The minimum atomic E-state index is -1.43. The highest BCUT2D eigenvalue weighted by Crippen LogP contribution is 2.23. The van der Waals surface area contributed by atoms with E-state index in [-0.39, 0.29) is 0 Å². The van der Waals surface area contributed by atoms with Crippen LogP contribution in [0.5, 0.6) is 0 Å². The number of ether oxygens (including phenoxy) is 1. The summed E-state index contributed by atoms with van der Waals surface area (Å²) in [6, 6.07) is 4.12. The minimum Gasteiger partial charge on any atom is -0.394 e. The summed E-state index contributed by atoms with van der Waals surface area (Å²) < 4.78 is 7.21. The smallest absolute Gasteiger partial charge is 0.147 e. The summed E-state index contributed by atoms with van der Waals surface area (Å²) >= 11 is 0. The molecule has 3 rings (SSSR count). The maximum absolute atomic E-state index is 10.2. The molecule has 1 fully saturated rings. The number of aliphatic hydroxyl groups excluding tert-OH is 4. The number of fused-ring (bicyclic) bond motifs is 1. The Morgan fingerprint density at radius 1 is 1.19 bits per heavy atom. The molecule has 7 nitrogen and oxygen atoms in total. The monoisotopic (exact) mass is 374 g/mol. The van der Waals surface area contributed by atoms with Crippen LogP contribution < -0.4 is 0 Å². The molecule has 0 amide bonds. The molecule has 146 valence electrons. The van der Waals surface area contributed by atoms with Crippen LogP contribution in [0.3, 0.4) is 0 Å². The Morgan fingerprint density at radius 2 is 1.96 bits per heavy atom. The van der Waals surface area contributed by atoms with Crippen LogP contribution in [-0.4, -0.2) is 67.3 Å². The normalized spacial score (nSPS) is 28.1. The molecule has 0 unspecified atom stereocenters. The maximum atomic E-state index is 10.2. The van der Waals surface area contributed by atoms with Gasteiger partial charge in [-0.05, 0) is 30.5 Å². The van der Waals surface area contributed by atoms with E-state index < -0.39 is 37.1 Å². The first kappa shape index (κ1) is 19.8. The van der Waals surface area contributed by atoms with Gasteiger partial charge in [-0.15, -0.1) is 0 Å². The topological polar surface area (TPSA) is 108 Å². The van der Waals surface area contributed by atoms with Gasteiger partial charge in [0.05, 0.1) is 23.9 Å². The molecular weight excluding hydrogens is 348 g/mol. The van der Waals surface area contributed by atoms with Crippen LogP contribution >= 0.6 is 0 Å². The van der Waals surface area contributed by atoms with Crippen molar-refractivity contribution in [1.82, 2.24) is 9.78 Å². The third-order valence-electron chi connectivity index (χ3n) is 4.95. The number of aromatic nitrogens is 2. The Morgan fingerprint density at radius 3 is 2.67 bits per heavy atom. The second kappa shape index (κ2) is 8.38. The van der Waals surface area contributed by atoms with Crippen molar-refractivity contribution in [2.45, 2.75) is 56.7 Å². The van der Waals surface area contributed by atoms with E-state index in [9.17, 15) is 20.4 Å². The summed E-state index contributed by atoms with van der Waals surface area (Å²) in [4.78, 5) is 0. The van der Waals surface area contributed by atoms with Crippen LogP contribution in [0, 0.1) is 11.8 Å². The zero-order chi connectivity index (χ0) is 19.6. The molecule has 0 aliphatic carbocycles. The van der Waals surface area contributed by atoms with Crippen molar-refractivity contribution in [2.75, 3.05) is 6.61 Å². The third kappa shape index (κ3) is 4.00. The average Bonchev–Trinajstić information content (AvgIpc) is 3.05. The summed E-state index contributed by atoms with van der Waals surface area (Å²) in [6.07, 6.45) is -1.24. The van der Waals surface area contributed by atoms with Crippen molar-refractivity contribution in [2.24, 2.45) is 7.05 Å². The van der Waals surface area contributed by atoms with Crippen molar-refractivity contribution in [3.8, 4) is 11.8 Å². The first-order valence-electron chi connectivity index (χ1n) is 9.23. The van der Waals surface area contributed by atoms with Crippen molar-refractivity contribution in [1.29, 1.82) is 0 Å². The molecule has 7 heteroatoms. The van der Waals surface area contributed by atoms with Gasteiger partial charge < -0.3 is 25.2 Å². The lowest BCUT2D eigenvalue weighted by Crippen LogP contribution is -2.58. The lowest BCUT2D eigenvalue weighted by molar-refractivity contribution is -0.214. The standard InChI is InChI=1S/C20H26N2O5/c1-3-4-5-12-8-13(17-14(9-12)10-21-22(17)2)6-7-15-18(24)20(26)19(25)16(11-23)27-15/h8-10,15-16,18-20,23-26H,3-5,11H2,1-2H3/t15-,16-,18-,19-,20-/m1/s1. The maximum Gasteiger partial charge on any atom is 0.147 e. The molecular formula is C20H26N2O5. The van der Waals surface area contributed by atoms with Gasteiger partial charge in [0.2, 0.25) is 0 Å². The quantitative estimate of drug-likeness (QED) is 0.566. The van der Waals surface area contributed by atoms with E-state index in [1.807, 2.05) is 13.1 Å². The summed E-state index contributed by atoms with van der Waals surface area (Å²) in [5.74, 6) is 5.89. The highest BCUT2D eigenvalue weighted by molar-refractivity contribution is 5.85. The number of benzene rings is 1. The van der Waals surface area contributed by atoms with E-state index in [4.69, 9.17) is 4.74 Å². The third-order valence-corrected chi connectivity index (χ3v) is 4.95. The van der Waals surface area contributed by atoms with Crippen LogP contribution in [0.2, 0.25) is 0 Å². The van der Waals surface area contributed by atoms with Crippen molar-refractivity contribution < 1.29 is 25.2 Å². The molecule has 2 heterocycles. The highest BCUT2D eigenvalue weighted by atomic mass is 16.5. The van der Waals surface area contributed by atoms with Gasteiger partial charge in [0.15, 0.2) is 0 Å². The molecule has 1 aromatic heterocycles. The zero-order valence-corrected chi connectivity index (χ0v) is 15.5. The molecule has 0 spiro atoms. The van der Waals surface area contributed by atoms with E-state index in [2.05, 4.69) is 29.9 Å². The highest BCUT2D eigenvalue weighted by Gasteiger charge is 2.42. The predicted molar refractivity (Wildman–Crippen MR) is 100.0 cm³/mol. The number of unbranched alkanes of at least 4 members (excludes halogenated alkanes) is 1. The Labute approximate surface area is 158 Å². The molecule has 5 atom stereocenters. The summed E-state index contributed by atoms with van der Waals surface area (Å²) in [5.41, 5.74) is 2.80. The van der Waals surface area contributed by atoms with Gasteiger partial charge in [0, 0.05) is 12.4 Å². The molecule has 0 radical (unpaired) electrons. The molecule has 1 aliphatic heterocycles. The number of hydrogen-bond donors (Lipinski definition) is 4. The fourth-order valence-electron chi connectivity index (χ4n) is 3.38. The second-order valence-corrected chi connectivity index (χ2v) is 6.97. The van der Waals surface area contributed by atoms with Gasteiger partial charge in [-0.3, -0.25) is 4.68 Å². The van der Waals surface area contributed by atoms with E-state index in [1.165, 1.54) is 0 Å². The summed E-state index contributed by atoms with van der Waals surface area (Å²) in [6.45, 7) is 1.67. The minimum absolute atomic E-state index is 0.471. The number of nitrogens with zero attached hydrogens (tertiary/aromatic N) is 2. The Bertz CT molecular complexity index is 851. The SMILES string of the molecule is CCCCc1cc(C#C[C@H]2O[C@H](CO)[C@@H](O)[C@H](O)[C@@H]2O)c2c(cnn2C)c1. The van der Waals surface area contributed by atoms with Crippen molar-refractivity contribution in [3.05, 3.63) is 29.5 Å². The zero-order valence-electron chi connectivity index (χ0n) is 15.5. The Kier molecular flexibility index (Phi) is 6.15. The van der Waals surface area contributed by atoms with Crippen LogP contribution in [-0.2, 0) is 18.2 Å². The molecule has 1 aliphatic rings. The van der Waals surface area contributed by atoms with Gasteiger partial charge in [-0.2, -0.15) is 5.10 Å². The lowest BCUT2D eigenvalue weighted by Gasteiger charge is -2.37. The Balaban J connectivity index is 1.95. The number of aryl methyl sites for hydroxylation is 2. The number of aliphatic hydroxyl groups is 4. The largest absolute Gasteiger partial charge is 0.394 e. The van der Waals surface area contributed by atoms with Gasteiger partial charge in [-0.25, -0.2) is 0 Å². The fraction of sp³-hybridized carbons (Fsp3) is 0.550. The van der Waals surface area contributed by atoms with Crippen LogP contribution in [0.25, 0.3) is 10.9 Å². The number of hydrogen-bond acceptors (Lipinski definition) is 6. The average molecular weight is 374 g/mol. The molecule has 2 aromatic rings. The molecule has 4 N–H and O–H groups in total. The van der Waals surface area contributed by atoms with Crippen LogP contribution in [0.15, 0.2) is 18.3 Å². The molecule has 1 saturated heterocycles. The fourth-order valence-corrected chi connectivity index (χ4v) is 3.38. The van der Waals surface area contributed by atoms with Gasteiger partial charge in [-0.1, -0.05) is 25.2 Å². The summed E-state index contributed by atoms with van der Waals surface area (Å²) in [7, 11) is 1.84. The lowest BCUT2D eigenvalue weighted by atomic mass is 9.95. The molecule has 1 aromatic carbocycles.